The molecule has 30 heavy (non-hydrogen) atoms. The third-order valence-corrected chi connectivity index (χ3v) is 6.37. The van der Waals surface area contributed by atoms with Crippen LogP contribution in [-0.2, 0) is 9.59 Å². The first kappa shape index (κ1) is 22.1. The summed E-state index contributed by atoms with van der Waals surface area (Å²) in [7, 11) is 0. The fourth-order valence-electron chi connectivity index (χ4n) is 4.62. The molecule has 0 saturated carbocycles. The van der Waals surface area contributed by atoms with Crippen molar-refractivity contribution in [2.45, 2.75) is 64.5 Å². The second-order valence-corrected chi connectivity index (χ2v) is 8.42. The van der Waals surface area contributed by atoms with Gasteiger partial charge in [0.2, 0.25) is 11.8 Å². The van der Waals surface area contributed by atoms with Crippen molar-refractivity contribution in [2.75, 3.05) is 13.1 Å². The molecule has 2 aromatic carbocycles. The van der Waals surface area contributed by atoms with Crippen molar-refractivity contribution in [1.82, 2.24) is 9.80 Å². The molecule has 4 heteroatoms. The van der Waals surface area contributed by atoms with Gasteiger partial charge in [-0.15, -0.1) is 0 Å². The van der Waals surface area contributed by atoms with Crippen LogP contribution in [0.2, 0.25) is 0 Å². The number of carbonyl (C=O) groups is 2. The number of benzene rings is 2. The van der Waals surface area contributed by atoms with E-state index in [4.69, 9.17) is 0 Å². The molecular formula is C26H34N2O2. The van der Waals surface area contributed by atoms with E-state index in [9.17, 15) is 9.59 Å². The second kappa shape index (κ2) is 9.92. The minimum atomic E-state index is -0.129. The predicted molar refractivity (Wildman–Crippen MR) is 121 cm³/mol. The molecule has 2 amide bonds. The lowest BCUT2D eigenvalue weighted by Crippen LogP contribution is -2.60. The molecule has 0 bridgehead atoms. The number of carbonyl (C=O) groups excluding carboxylic acids is 2. The van der Waals surface area contributed by atoms with E-state index in [0.29, 0.717) is 13.1 Å². The first-order chi connectivity index (χ1) is 14.5. The summed E-state index contributed by atoms with van der Waals surface area (Å²) in [5.74, 6) is 0.0853. The summed E-state index contributed by atoms with van der Waals surface area (Å²) in [5, 5.41) is 0. The Kier molecular flexibility index (Phi) is 7.30. The molecule has 1 saturated heterocycles. The Morgan fingerprint density at radius 1 is 0.733 bits per heavy atom. The Balaban J connectivity index is 1.74. The average molecular weight is 407 g/mol. The van der Waals surface area contributed by atoms with E-state index in [1.807, 2.05) is 70.5 Å². The van der Waals surface area contributed by atoms with Crippen LogP contribution in [-0.4, -0.2) is 46.8 Å². The molecule has 2 aromatic rings. The van der Waals surface area contributed by atoms with Crippen LogP contribution >= 0.6 is 0 Å². The third-order valence-electron chi connectivity index (χ3n) is 6.37. The molecule has 1 aliphatic heterocycles. The quantitative estimate of drug-likeness (QED) is 0.690. The maximum atomic E-state index is 13.4. The Bertz CT molecular complexity index is 765. The molecule has 160 valence electrons. The average Bonchev–Trinajstić information content (AvgIpc) is 2.77. The SMILES string of the molecule is CCC(C(=O)N1CC(C)N(C(=O)C(CC)c2ccccc2)CC1C)c1ccccc1. The van der Waals surface area contributed by atoms with Gasteiger partial charge in [0.05, 0.1) is 11.8 Å². The van der Waals surface area contributed by atoms with Crippen LogP contribution in [0.15, 0.2) is 60.7 Å². The number of amides is 2. The van der Waals surface area contributed by atoms with Crippen LogP contribution in [0.1, 0.15) is 63.5 Å². The zero-order valence-electron chi connectivity index (χ0n) is 18.6. The number of hydrogen-bond acceptors (Lipinski definition) is 2. The van der Waals surface area contributed by atoms with Crippen LogP contribution in [0.3, 0.4) is 0 Å². The molecule has 0 N–H and O–H groups in total. The van der Waals surface area contributed by atoms with Crippen molar-refractivity contribution in [3.05, 3.63) is 71.8 Å². The Morgan fingerprint density at radius 2 is 1.07 bits per heavy atom. The number of nitrogens with zero attached hydrogens (tertiary/aromatic N) is 2. The van der Waals surface area contributed by atoms with Gasteiger partial charge in [-0.3, -0.25) is 9.59 Å². The van der Waals surface area contributed by atoms with Crippen molar-refractivity contribution < 1.29 is 9.59 Å². The lowest BCUT2D eigenvalue weighted by Gasteiger charge is -2.46. The van der Waals surface area contributed by atoms with Crippen molar-refractivity contribution in [3.8, 4) is 0 Å². The van der Waals surface area contributed by atoms with Gasteiger partial charge >= 0.3 is 0 Å². The molecule has 0 spiro atoms. The van der Waals surface area contributed by atoms with Crippen molar-refractivity contribution >= 4 is 11.8 Å². The van der Waals surface area contributed by atoms with Gasteiger partial charge < -0.3 is 9.80 Å². The maximum absolute atomic E-state index is 13.4. The number of rotatable bonds is 6. The summed E-state index contributed by atoms with van der Waals surface area (Å²) in [6, 6.07) is 20.1. The van der Waals surface area contributed by atoms with Crippen LogP contribution < -0.4 is 0 Å². The number of hydrogen-bond donors (Lipinski definition) is 0. The molecule has 4 atom stereocenters. The highest BCUT2D eigenvalue weighted by Crippen LogP contribution is 2.29. The Hall–Kier alpha value is -2.62. The summed E-state index contributed by atoms with van der Waals surface area (Å²) < 4.78 is 0. The highest BCUT2D eigenvalue weighted by molar-refractivity contribution is 5.86. The maximum Gasteiger partial charge on any atom is 0.230 e. The normalized spacial score (nSPS) is 21.2. The lowest BCUT2D eigenvalue weighted by atomic mass is 9.92. The zero-order chi connectivity index (χ0) is 21.7. The van der Waals surface area contributed by atoms with E-state index in [-0.39, 0.29) is 35.7 Å². The first-order valence-electron chi connectivity index (χ1n) is 11.2. The van der Waals surface area contributed by atoms with E-state index >= 15 is 0 Å². The van der Waals surface area contributed by atoms with Crippen LogP contribution in [0, 0.1) is 0 Å². The first-order valence-corrected chi connectivity index (χ1v) is 11.2. The predicted octanol–water partition coefficient (Wildman–Crippen LogP) is 4.82. The van der Waals surface area contributed by atoms with Gasteiger partial charge in [0.1, 0.15) is 0 Å². The molecule has 1 aliphatic rings. The standard InChI is InChI=1S/C26H34N2O2/c1-5-23(21-13-9-7-10-14-21)25(29)27-17-20(4)28(18-19(27)3)26(30)24(6-2)22-15-11-8-12-16-22/h7-16,19-20,23-24H,5-6,17-18H2,1-4H3. The molecular weight excluding hydrogens is 372 g/mol. The smallest absolute Gasteiger partial charge is 0.230 e. The van der Waals surface area contributed by atoms with Crippen molar-refractivity contribution in [3.63, 3.8) is 0 Å². The Morgan fingerprint density at radius 3 is 1.37 bits per heavy atom. The summed E-state index contributed by atoms with van der Waals surface area (Å²) >= 11 is 0. The van der Waals surface area contributed by atoms with E-state index < -0.39 is 0 Å². The van der Waals surface area contributed by atoms with Crippen molar-refractivity contribution in [2.24, 2.45) is 0 Å². The monoisotopic (exact) mass is 406 g/mol. The molecule has 1 heterocycles. The number of piperazine rings is 1. The van der Waals surface area contributed by atoms with Crippen molar-refractivity contribution in [1.29, 1.82) is 0 Å². The van der Waals surface area contributed by atoms with Crippen LogP contribution in [0.5, 0.6) is 0 Å². The summed E-state index contributed by atoms with van der Waals surface area (Å²) in [6.07, 6.45) is 1.55. The summed E-state index contributed by atoms with van der Waals surface area (Å²) in [6.45, 7) is 9.42. The van der Waals surface area contributed by atoms with Crippen LogP contribution in [0.4, 0.5) is 0 Å². The van der Waals surface area contributed by atoms with Gasteiger partial charge in [-0.25, -0.2) is 0 Å². The lowest BCUT2D eigenvalue weighted by molar-refractivity contribution is -0.147. The minimum Gasteiger partial charge on any atom is -0.336 e. The third kappa shape index (κ3) is 4.58. The molecule has 0 aliphatic carbocycles. The van der Waals surface area contributed by atoms with E-state index in [1.54, 1.807) is 0 Å². The summed E-state index contributed by atoms with van der Waals surface area (Å²) in [5.41, 5.74) is 2.14. The van der Waals surface area contributed by atoms with Gasteiger partial charge in [-0.1, -0.05) is 74.5 Å². The Labute approximate surface area is 180 Å². The zero-order valence-corrected chi connectivity index (χ0v) is 18.6. The highest BCUT2D eigenvalue weighted by atomic mass is 16.2. The largest absolute Gasteiger partial charge is 0.336 e. The molecule has 4 unspecified atom stereocenters. The molecule has 0 radical (unpaired) electrons. The van der Waals surface area contributed by atoms with E-state index in [2.05, 4.69) is 27.7 Å². The highest BCUT2D eigenvalue weighted by Gasteiger charge is 2.38. The molecule has 0 aromatic heterocycles. The van der Waals surface area contributed by atoms with Gasteiger partial charge in [-0.2, -0.15) is 0 Å². The second-order valence-electron chi connectivity index (χ2n) is 8.42. The fraction of sp³-hybridized carbons (Fsp3) is 0.462. The van der Waals surface area contributed by atoms with E-state index in [0.717, 1.165) is 24.0 Å². The van der Waals surface area contributed by atoms with Gasteiger partial charge in [0.15, 0.2) is 0 Å². The molecule has 4 nitrogen and oxygen atoms in total. The van der Waals surface area contributed by atoms with E-state index in [1.165, 1.54) is 0 Å². The topological polar surface area (TPSA) is 40.6 Å². The molecule has 3 rings (SSSR count). The van der Waals surface area contributed by atoms with Gasteiger partial charge in [-0.05, 0) is 37.8 Å². The molecule has 1 fully saturated rings. The van der Waals surface area contributed by atoms with Gasteiger partial charge in [0, 0.05) is 25.2 Å². The summed E-state index contributed by atoms with van der Waals surface area (Å²) in [4.78, 5) is 30.8. The van der Waals surface area contributed by atoms with Gasteiger partial charge in [0.25, 0.3) is 0 Å². The minimum absolute atomic E-state index is 0.00342. The fourth-order valence-corrected chi connectivity index (χ4v) is 4.62. The van der Waals surface area contributed by atoms with Crippen LogP contribution in [0.25, 0.3) is 0 Å².